The van der Waals surface area contributed by atoms with Gasteiger partial charge in [0, 0.05) is 29.4 Å². The van der Waals surface area contributed by atoms with Crippen molar-refractivity contribution in [2.75, 3.05) is 0 Å². The van der Waals surface area contributed by atoms with E-state index in [2.05, 4.69) is 38.2 Å². The number of thiazole rings is 1. The Bertz CT molecular complexity index is 3420. The predicted molar refractivity (Wildman–Crippen MR) is 260 cm³/mol. The van der Waals surface area contributed by atoms with Gasteiger partial charge in [0.15, 0.2) is 11.5 Å². The molecular formula is C52H42N10O4S. The van der Waals surface area contributed by atoms with Crippen molar-refractivity contribution < 1.29 is 19.7 Å². The number of aromatic nitrogens is 10. The molecule has 6 heterocycles. The highest BCUT2D eigenvalue weighted by Crippen LogP contribution is 2.34. The van der Waals surface area contributed by atoms with E-state index in [-0.39, 0.29) is 19.8 Å². The zero-order chi connectivity index (χ0) is 45.7. The van der Waals surface area contributed by atoms with Crippen molar-refractivity contribution in [1.29, 1.82) is 0 Å². The molecule has 0 unspecified atom stereocenters. The van der Waals surface area contributed by atoms with Crippen LogP contribution in [0.1, 0.15) is 16.3 Å². The van der Waals surface area contributed by atoms with Gasteiger partial charge in [-0.1, -0.05) is 109 Å². The van der Waals surface area contributed by atoms with Gasteiger partial charge in [-0.05, 0) is 54.6 Å². The van der Waals surface area contributed by atoms with E-state index >= 15 is 0 Å². The molecule has 15 heteroatoms. The van der Waals surface area contributed by atoms with Gasteiger partial charge in [0.25, 0.3) is 0 Å². The molecule has 0 saturated carbocycles. The van der Waals surface area contributed by atoms with Crippen molar-refractivity contribution in [1.82, 2.24) is 48.9 Å². The summed E-state index contributed by atoms with van der Waals surface area (Å²) in [5, 5.41) is 45.9. The van der Waals surface area contributed by atoms with Gasteiger partial charge in [-0.3, -0.25) is 0 Å². The molecule has 3 N–H and O–H groups in total. The van der Waals surface area contributed by atoms with Gasteiger partial charge >= 0.3 is 0 Å². The number of para-hydroxylation sites is 6. The summed E-state index contributed by atoms with van der Waals surface area (Å²) in [6.45, 7) is -0.208. The van der Waals surface area contributed by atoms with Crippen LogP contribution in [0.3, 0.4) is 0 Å². The molecule has 0 fully saturated rings. The number of imidazole rings is 1. The van der Waals surface area contributed by atoms with Crippen molar-refractivity contribution in [3.8, 4) is 50.9 Å². The first kappa shape index (κ1) is 42.6. The average Bonchev–Trinajstić information content (AvgIpc) is 4.27. The fraction of sp³-hybridized carbons (Fsp3) is 0.0769. The third-order valence-electron chi connectivity index (χ3n) is 11.0. The lowest BCUT2D eigenvalue weighted by Crippen LogP contribution is -2.00. The van der Waals surface area contributed by atoms with Gasteiger partial charge in [0.05, 0.1) is 69.8 Å². The molecule has 0 bridgehead atoms. The molecule has 0 aliphatic heterocycles. The average molecular weight is 903 g/mol. The SMILES string of the molecule is Cn1c(CO)cnc1-c1nn(-c2ccccc2)c2ccccc12.OCc1cnc(-c2nn(-c3ccccc3)c3ccccc23)o1.OCc1cnc(-c2nn(-c3ccccc3)c3ccccc23)s1. The largest absolute Gasteiger partial charge is 0.437 e. The second kappa shape index (κ2) is 19.0. The molecule has 67 heavy (non-hydrogen) atoms. The second-order valence-electron chi connectivity index (χ2n) is 15.2. The normalized spacial score (nSPS) is 11.2. The zero-order valence-corrected chi connectivity index (χ0v) is 36.9. The lowest BCUT2D eigenvalue weighted by Gasteiger charge is -2.02. The Morgan fingerprint density at radius 1 is 0.463 bits per heavy atom. The number of oxazole rings is 1. The van der Waals surface area contributed by atoms with Crippen LogP contribution in [0.5, 0.6) is 0 Å². The van der Waals surface area contributed by atoms with Crippen LogP contribution < -0.4 is 0 Å². The number of aliphatic hydroxyl groups is 3. The quantitative estimate of drug-likeness (QED) is 0.127. The lowest BCUT2D eigenvalue weighted by atomic mass is 10.2. The van der Waals surface area contributed by atoms with E-state index in [1.165, 1.54) is 17.5 Å². The standard InChI is InChI=1S/C18H16N4O.C17H13N3O2.C17H13N3OS/c1-21-14(12-23)11-19-18(21)17-15-9-5-6-10-16(15)22(20-17)13-7-3-2-4-8-13;2*21-11-13-10-18-17(22-13)16-14-8-4-5-9-15(14)20(19-16)12-6-2-1-3-7-12/h2-11,23H,12H2,1H3;2*1-10,21H,11H2. The maximum Gasteiger partial charge on any atom is 0.247 e. The molecule has 12 rings (SSSR count). The summed E-state index contributed by atoms with van der Waals surface area (Å²) in [6.07, 6.45) is 4.91. The summed E-state index contributed by atoms with van der Waals surface area (Å²) in [4.78, 5) is 13.9. The number of hydrogen-bond acceptors (Lipinski definition) is 11. The van der Waals surface area contributed by atoms with E-state index in [1.807, 2.05) is 171 Å². The van der Waals surface area contributed by atoms with Gasteiger partial charge in [0.1, 0.15) is 28.8 Å². The van der Waals surface area contributed by atoms with Crippen LogP contribution in [-0.2, 0) is 26.9 Å². The molecule has 0 spiro atoms. The molecule has 14 nitrogen and oxygen atoms in total. The van der Waals surface area contributed by atoms with Gasteiger partial charge in [0.2, 0.25) is 5.89 Å². The summed E-state index contributed by atoms with van der Waals surface area (Å²) in [5.74, 6) is 1.59. The number of rotatable bonds is 9. The molecule has 0 radical (unpaired) electrons. The highest BCUT2D eigenvalue weighted by Gasteiger charge is 2.20. The molecule has 0 aliphatic carbocycles. The first-order chi connectivity index (χ1) is 33.0. The Balaban J connectivity index is 0.000000118. The van der Waals surface area contributed by atoms with E-state index in [1.54, 1.807) is 12.4 Å². The molecule has 0 amide bonds. The van der Waals surface area contributed by atoms with E-state index in [4.69, 9.17) is 19.7 Å². The molecule has 0 atom stereocenters. The fourth-order valence-corrected chi connectivity index (χ4v) is 8.54. The summed E-state index contributed by atoms with van der Waals surface area (Å²) in [6, 6.07) is 54.1. The van der Waals surface area contributed by atoms with Crippen LogP contribution in [0.4, 0.5) is 0 Å². The molecule has 6 aromatic heterocycles. The van der Waals surface area contributed by atoms with Crippen molar-refractivity contribution in [3.63, 3.8) is 0 Å². The molecule has 0 saturated heterocycles. The fourth-order valence-electron chi connectivity index (χ4n) is 7.77. The Kier molecular flexibility index (Phi) is 12.1. The van der Waals surface area contributed by atoms with Crippen LogP contribution >= 0.6 is 11.3 Å². The van der Waals surface area contributed by atoms with E-state index in [0.717, 1.165) is 82.6 Å². The van der Waals surface area contributed by atoms with Gasteiger partial charge in [-0.25, -0.2) is 29.0 Å². The molecule has 0 aliphatic rings. The monoisotopic (exact) mass is 902 g/mol. The lowest BCUT2D eigenvalue weighted by molar-refractivity contribution is 0.248. The smallest absolute Gasteiger partial charge is 0.247 e. The Morgan fingerprint density at radius 2 is 0.925 bits per heavy atom. The first-order valence-corrected chi connectivity index (χ1v) is 22.2. The van der Waals surface area contributed by atoms with Gasteiger partial charge < -0.3 is 24.3 Å². The Hall–Kier alpha value is -8.34. The minimum absolute atomic E-state index is 0.00892. The number of nitrogens with zero attached hydrogens (tertiary/aromatic N) is 10. The zero-order valence-electron chi connectivity index (χ0n) is 36.1. The van der Waals surface area contributed by atoms with Crippen LogP contribution in [0.25, 0.3) is 83.6 Å². The van der Waals surface area contributed by atoms with Crippen molar-refractivity contribution >= 4 is 44.0 Å². The van der Waals surface area contributed by atoms with E-state index in [0.29, 0.717) is 17.3 Å². The van der Waals surface area contributed by atoms with E-state index < -0.39 is 0 Å². The first-order valence-electron chi connectivity index (χ1n) is 21.4. The summed E-state index contributed by atoms with van der Waals surface area (Å²) in [7, 11) is 1.89. The highest BCUT2D eigenvalue weighted by atomic mass is 32.1. The van der Waals surface area contributed by atoms with Crippen LogP contribution in [0, 0.1) is 0 Å². The number of aliphatic hydroxyl groups excluding tert-OH is 3. The molecule has 330 valence electrons. The van der Waals surface area contributed by atoms with Crippen LogP contribution in [-0.4, -0.2) is 64.2 Å². The van der Waals surface area contributed by atoms with Gasteiger partial charge in [-0.15, -0.1) is 11.3 Å². The predicted octanol–water partition coefficient (Wildman–Crippen LogP) is 9.73. The van der Waals surface area contributed by atoms with Crippen molar-refractivity contribution in [2.24, 2.45) is 7.05 Å². The number of fused-ring (bicyclic) bond motifs is 3. The van der Waals surface area contributed by atoms with E-state index in [9.17, 15) is 10.2 Å². The number of benzene rings is 6. The Labute approximate surface area is 387 Å². The number of hydrogen-bond donors (Lipinski definition) is 3. The summed E-state index contributed by atoms with van der Waals surface area (Å²) >= 11 is 1.47. The maximum absolute atomic E-state index is 9.39. The topological polar surface area (TPSA) is 171 Å². The van der Waals surface area contributed by atoms with Gasteiger partial charge in [-0.2, -0.15) is 15.3 Å². The summed E-state index contributed by atoms with van der Waals surface area (Å²) in [5.41, 5.74) is 9.14. The third-order valence-corrected chi connectivity index (χ3v) is 12.0. The molecular weight excluding hydrogens is 861 g/mol. The maximum atomic E-state index is 9.39. The minimum Gasteiger partial charge on any atom is -0.437 e. The van der Waals surface area contributed by atoms with Crippen molar-refractivity contribution in [3.05, 3.63) is 199 Å². The molecule has 6 aromatic carbocycles. The van der Waals surface area contributed by atoms with Crippen molar-refractivity contribution in [2.45, 2.75) is 19.8 Å². The summed E-state index contributed by atoms with van der Waals surface area (Å²) < 4.78 is 13.2. The Morgan fingerprint density at radius 3 is 1.39 bits per heavy atom. The minimum atomic E-state index is -0.176. The molecule has 12 aromatic rings. The third kappa shape index (κ3) is 8.42. The second-order valence-corrected chi connectivity index (χ2v) is 16.3. The highest BCUT2D eigenvalue weighted by molar-refractivity contribution is 7.15. The van der Waals surface area contributed by atoms with Crippen LogP contribution in [0.2, 0.25) is 0 Å². The van der Waals surface area contributed by atoms with Crippen LogP contribution in [0.15, 0.2) is 187 Å².